The molecular weight excluding hydrogens is 522 g/mol. The number of amides is 3. The molecule has 2 aromatic carbocycles. The number of hydrogen-bond acceptors (Lipinski definition) is 7. The maximum atomic E-state index is 13.9. The summed E-state index contributed by atoms with van der Waals surface area (Å²) in [5.74, 6) is 5.74. The molecule has 11 heteroatoms. The molecular formula is C28H36ClN5O5. The quantitative estimate of drug-likeness (QED) is 0.234. The molecule has 2 heterocycles. The Morgan fingerprint density at radius 1 is 1.28 bits per heavy atom. The number of benzene rings is 2. The standard InChI is InChI=1S/C28H36ClN5O5/c1-19(38-16-20-8-4-3-5-9-20)24(31-27(37)33(2)30)26(36)34-13-7-12-23(34)25-32-28(17-35,18-39-25)15-21-10-6-11-22(29)14-21/h3-6,8-11,14,19,23-24,35H,7,12-13,15-18,30H2,1-2H3,(H,31,37)/t19?,23?,24-,28-/m0/s1. The van der Waals surface area contributed by atoms with E-state index in [1.54, 1.807) is 17.9 Å². The number of aliphatic hydroxyl groups is 1. The molecule has 2 aliphatic rings. The van der Waals surface area contributed by atoms with Crippen molar-refractivity contribution in [1.82, 2.24) is 15.2 Å². The van der Waals surface area contributed by atoms with Crippen LogP contribution in [0.5, 0.6) is 0 Å². The predicted molar refractivity (Wildman–Crippen MR) is 148 cm³/mol. The summed E-state index contributed by atoms with van der Waals surface area (Å²) in [6.45, 7) is 2.48. The molecule has 0 saturated carbocycles. The Hall–Kier alpha value is -3.18. The summed E-state index contributed by atoms with van der Waals surface area (Å²) in [7, 11) is 1.40. The van der Waals surface area contributed by atoms with Gasteiger partial charge in [-0.15, -0.1) is 0 Å². The van der Waals surface area contributed by atoms with Crippen molar-refractivity contribution in [3.8, 4) is 0 Å². The van der Waals surface area contributed by atoms with Crippen molar-refractivity contribution in [3.63, 3.8) is 0 Å². The van der Waals surface area contributed by atoms with Gasteiger partial charge in [-0.3, -0.25) is 9.80 Å². The summed E-state index contributed by atoms with van der Waals surface area (Å²) in [6.07, 6.45) is 1.20. The van der Waals surface area contributed by atoms with E-state index in [0.717, 1.165) is 22.6 Å². The minimum Gasteiger partial charge on any atom is -0.477 e. The number of carbonyl (C=O) groups excluding carboxylic acids is 2. The van der Waals surface area contributed by atoms with Crippen molar-refractivity contribution in [2.45, 2.75) is 56.5 Å². The molecule has 2 unspecified atom stereocenters. The molecule has 10 nitrogen and oxygen atoms in total. The van der Waals surface area contributed by atoms with E-state index in [-0.39, 0.29) is 25.7 Å². The van der Waals surface area contributed by atoms with E-state index >= 15 is 0 Å². The predicted octanol–water partition coefficient (Wildman–Crippen LogP) is 2.52. The molecule has 2 aromatic rings. The molecule has 0 aromatic heterocycles. The first-order valence-corrected chi connectivity index (χ1v) is 13.4. The Kier molecular flexibility index (Phi) is 9.45. The van der Waals surface area contributed by atoms with Crippen molar-refractivity contribution >= 4 is 29.4 Å². The number of halogens is 1. The van der Waals surface area contributed by atoms with Gasteiger partial charge in [-0.1, -0.05) is 54.1 Å². The van der Waals surface area contributed by atoms with Crippen molar-refractivity contribution in [2.75, 3.05) is 26.8 Å². The Morgan fingerprint density at radius 3 is 2.72 bits per heavy atom. The fourth-order valence-corrected chi connectivity index (χ4v) is 5.12. The van der Waals surface area contributed by atoms with Crippen LogP contribution in [0.15, 0.2) is 59.6 Å². The van der Waals surface area contributed by atoms with Gasteiger partial charge in [0.05, 0.1) is 19.3 Å². The maximum absolute atomic E-state index is 13.9. The molecule has 39 heavy (non-hydrogen) atoms. The van der Waals surface area contributed by atoms with E-state index in [0.29, 0.717) is 30.3 Å². The molecule has 210 valence electrons. The lowest BCUT2D eigenvalue weighted by atomic mass is 9.93. The molecule has 0 bridgehead atoms. The van der Waals surface area contributed by atoms with Crippen molar-refractivity contribution in [1.29, 1.82) is 0 Å². The van der Waals surface area contributed by atoms with Gasteiger partial charge < -0.3 is 24.8 Å². The number of carbonyl (C=O) groups is 2. The van der Waals surface area contributed by atoms with Crippen LogP contribution in [-0.4, -0.2) is 83.4 Å². The minimum atomic E-state index is -0.983. The van der Waals surface area contributed by atoms with Crippen LogP contribution in [0, 0.1) is 0 Å². The highest BCUT2D eigenvalue weighted by Crippen LogP contribution is 2.30. The summed E-state index contributed by atoms with van der Waals surface area (Å²) in [5.41, 5.74) is 1.02. The SMILES string of the molecule is CC(OCc1ccccc1)[C@H](NC(=O)N(C)N)C(=O)N1CCCC1C1=N[C@](CO)(Cc2cccc(Cl)c2)CO1. The number of urea groups is 1. The van der Waals surface area contributed by atoms with E-state index in [4.69, 9.17) is 31.9 Å². The van der Waals surface area contributed by atoms with E-state index < -0.39 is 29.8 Å². The second-order valence-electron chi connectivity index (χ2n) is 10.2. The molecule has 4 N–H and O–H groups in total. The first kappa shape index (κ1) is 28.8. The molecule has 0 spiro atoms. The number of rotatable bonds is 10. The Balaban J connectivity index is 1.52. The Labute approximate surface area is 233 Å². The summed E-state index contributed by atoms with van der Waals surface area (Å²) in [5, 5.41) is 14.5. The van der Waals surface area contributed by atoms with Gasteiger partial charge >= 0.3 is 6.03 Å². The first-order chi connectivity index (χ1) is 18.7. The fraction of sp³-hybridized carbons (Fsp3) is 0.464. The van der Waals surface area contributed by atoms with Crippen LogP contribution in [0.4, 0.5) is 4.79 Å². The smallest absolute Gasteiger partial charge is 0.332 e. The molecule has 4 rings (SSSR count). The van der Waals surface area contributed by atoms with E-state index in [1.807, 2.05) is 48.5 Å². The van der Waals surface area contributed by atoms with Gasteiger partial charge in [0, 0.05) is 25.0 Å². The largest absolute Gasteiger partial charge is 0.477 e. The molecule has 1 fully saturated rings. The van der Waals surface area contributed by atoms with Crippen LogP contribution < -0.4 is 11.2 Å². The Morgan fingerprint density at radius 2 is 2.03 bits per heavy atom. The average Bonchev–Trinajstić information content (AvgIpc) is 3.58. The van der Waals surface area contributed by atoms with Gasteiger partial charge in [0.1, 0.15) is 24.2 Å². The number of nitrogens with two attached hydrogens (primary N) is 1. The van der Waals surface area contributed by atoms with Gasteiger partial charge in [0.15, 0.2) is 0 Å². The number of aliphatic imine (C=N–C) groups is 1. The van der Waals surface area contributed by atoms with Crippen LogP contribution in [0.3, 0.4) is 0 Å². The van der Waals surface area contributed by atoms with Crippen LogP contribution >= 0.6 is 11.6 Å². The summed E-state index contributed by atoms with van der Waals surface area (Å²) >= 11 is 6.15. The van der Waals surface area contributed by atoms with Gasteiger partial charge in [-0.25, -0.2) is 15.6 Å². The second kappa shape index (κ2) is 12.8. The third-order valence-electron chi connectivity index (χ3n) is 7.06. The van der Waals surface area contributed by atoms with Crippen LogP contribution in [0.1, 0.15) is 30.9 Å². The first-order valence-electron chi connectivity index (χ1n) is 13.0. The normalized spacial score (nSPS) is 22.1. The molecule has 1 saturated heterocycles. The van der Waals surface area contributed by atoms with Gasteiger partial charge in [0.25, 0.3) is 0 Å². The third-order valence-corrected chi connectivity index (χ3v) is 7.30. The second-order valence-corrected chi connectivity index (χ2v) is 10.6. The maximum Gasteiger partial charge on any atom is 0.332 e. The molecule has 0 aliphatic carbocycles. The van der Waals surface area contributed by atoms with Gasteiger partial charge in [-0.2, -0.15) is 0 Å². The summed E-state index contributed by atoms with van der Waals surface area (Å²) in [4.78, 5) is 32.9. The highest BCUT2D eigenvalue weighted by molar-refractivity contribution is 6.30. The summed E-state index contributed by atoms with van der Waals surface area (Å²) in [6, 6.07) is 15.0. The fourth-order valence-electron chi connectivity index (χ4n) is 4.91. The number of hydrazine groups is 1. The van der Waals surface area contributed by atoms with Crippen molar-refractivity contribution < 1.29 is 24.2 Å². The number of likely N-dealkylation sites (tertiary alicyclic amines) is 1. The van der Waals surface area contributed by atoms with Crippen molar-refractivity contribution in [2.24, 2.45) is 10.8 Å². The lowest BCUT2D eigenvalue weighted by molar-refractivity contribution is -0.137. The average molecular weight is 558 g/mol. The monoisotopic (exact) mass is 557 g/mol. The van der Waals surface area contributed by atoms with Gasteiger partial charge in [-0.05, 0) is 43.0 Å². The molecule has 4 atom stereocenters. The highest BCUT2D eigenvalue weighted by atomic mass is 35.5. The van der Waals surface area contributed by atoms with Gasteiger partial charge in [0.2, 0.25) is 11.8 Å². The van der Waals surface area contributed by atoms with Crippen LogP contribution in [0.2, 0.25) is 5.02 Å². The van der Waals surface area contributed by atoms with Crippen molar-refractivity contribution in [3.05, 3.63) is 70.7 Å². The van der Waals surface area contributed by atoms with E-state index in [1.165, 1.54) is 7.05 Å². The zero-order valence-corrected chi connectivity index (χ0v) is 23.0. The van der Waals surface area contributed by atoms with Crippen LogP contribution in [-0.2, 0) is 27.3 Å². The zero-order chi connectivity index (χ0) is 28.0. The Bertz CT molecular complexity index is 1180. The molecule has 2 aliphatic heterocycles. The highest BCUT2D eigenvalue weighted by Gasteiger charge is 2.44. The third kappa shape index (κ3) is 7.07. The number of ether oxygens (including phenoxy) is 2. The van der Waals surface area contributed by atoms with E-state index in [2.05, 4.69) is 5.32 Å². The lowest BCUT2D eigenvalue weighted by Gasteiger charge is -2.32. The minimum absolute atomic E-state index is 0.193. The molecule has 0 radical (unpaired) electrons. The summed E-state index contributed by atoms with van der Waals surface area (Å²) < 4.78 is 12.0. The lowest BCUT2D eigenvalue weighted by Crippen LogP contribution is -2.58. The number of nitrogens with one attached hydrogen (secondary N) is 1. The zero-order valence-electron chi connectivity index (χ0n) is 22.3. The number of aliphatic hydroxyl groups excluding tert-OH is 1. The molecule has 3 amide bonds. The number of hydrogen-bond donors (Lipinski definition) is 3. The number of nitrogens with zero attached hydrogens (tertiary/aromatic N) is 3. The topological polar surface area (TPSA) is 130 Å². The van der Waals surface area contributed by atoms with E-state index in [9.17, 15) is 14.7 Å². The van der Waals surface area contributed by atoms with Crippen LogP contribution in [0.25, 0.3) is 0 Å².